The maximum atomic E-state index is 14.0. The highest BCUT2D eigenvalue weighted by Gasteiger charge is 2.35. The number of primary amides is 1. The van der Waals surface area contributed by atoms with E-state index in [0.29, 0.717) is 12.0 Å². The van der Waals surface area contributed by atoms with Gasteiger partial charge in [-0.1, -0.05) is 105 Å². The summed E-state index contributed by atoms with van der Waals surface area (Å²) in [5, 5.41) is 14.9. The number of ketones is 1. The van der Waals surface area contributed by atoms with Crippen molar-refractivity contribution in [3.8, 4) is 0 Å². The van der Waals surface area contributed by atoms with Crippen molar-refractivity contribution in [2.24, 2.45) is 11.7 Å². The number of fused-ring (bicyclic) bond motifs is 1. The Labute approximate surface area is 304 Å². The molecule has 4 atom stereocenters. The Morgan fingerprint density at radius 2 is 1.42 bits per heavy atom. The van der Waals surface area contributed by atoms with E-state index in [0.717, 1.165) is 48.4 Å². The maximum absolute atomic E-state index is 14.0. The third-order valence-corrected chi connectivity index (χ3v) is 9.22. The monoisotopic (exact) mass is 710 g/mol. The molecule has 3 aromatic rings. The molecule has 3 aromatic carbocycles. The highest BCUT2D eigenvalue weighted by molar-refractivity contribution is 6.57. The molecule has 1 unspecified atom stereocenters. The van der Waals surface area contributed by atoms with E-state index in [2.05, 4.69) is 26.6 Å². The summed E-state index contributed by atoms with van der Waals surface area (Å²) < 4.78 is 0. The van der Waals surface area contributed by atoms with Gasteiger partial charge in [0.2, 0.25) is 37.3 Å². The largest absolute Gasteiger partial charge is 0.368 e. The first-order valence-corrected chi connectivity index (χ1v) is 17.8. The van der Waals surface area contributed by atoms with Crippen LogP contribution in [-0.2, 0) is 35.2 Å². The van der Waals surface area contributed by atoms with Crippen LogP contribution < -0.4 is 32.3 Å². The number of rotatable bonds is 17. The standard InChI is InChI=1S/C38H47BN6O7/c1-2-11-28(33(47)37(51)41-22-30(46)44-31(34(40)48)25-13-5-3-6-14-25)42-35(49)29(21-23-18-19-24-12-9-10-17-27(24)20-23)43-36(50)32(45-38(39)52)26-15-7-4-8-16-26/h3,5-6,9-10,12-14,17-20,26,28-29,31-32H,2,4,7-8,11,15-16,21-22,39H2,1H3,(H2,40,48)(H,41,51)(H,42,49)(H,43,50)(H,44,46)(H,45,52)/t28?,29-,31-,32-/m0/s1. The zero-order valence-electron chi connectivity index (χ0n) is 29.6. The van der Waals surface area contributed by atoms with E-state index in [1.54, 1.807) is 37.3 Å². The van der Waals surface area contributed by atoms with Gasteiger partial charge in [-0.25, -0.2) is 0 Å². The molecule has 274 valence electrons. The average Bonchev–Trinajstić information content (AvgIpc) is 3.14. The highest BCUT2D eigenvalue weighted by atomic mass is 16.2. The molecular weight excluding hydrogens is 663 g/mol. The van der Waals surface area contributed by atoms with Crippen LogP contribution >= 0.6 is 0 Å². The number of Topliss-reactive ketones (excluding diaryl/α,β-unsaturated/α-hetero) is 1. The lowest BCUT2D eigenvalue weighted by Crippen LogP contribution is -2.58. The molecule has 7 N–H and O–H groups in total. The van der Waals surface area contributed by atoms with Gasteiger partial charge in [-0.3, -0.25) is 33.6 Å². The molecule has 1 aliphatic carbocycles. The summed E-state index contributed by atoms with van der Waals surface area (Å²) in [6, 6.07) is 17.3. The van der Waals surface area contributed by atoms with Gasteiger partial charge in [-0.2, -0.15) is 0 Å². The first-order chi connectivity index (χ1) is 25.0. The van der Waals surface area contributed by atoms with Crippen molar-refractivity contribution >= 4 is 59.7 Å². The second kappa shape index (κ2) is 19.2. The summed E-state index contributed by atoms with van der Waals surface area (Å²) in [4.78, 5) is 90.9. The van der Waals surface area contributed by atoms with E-state index >= 15 is 0 Å². The minimum atomic E-state index is -1.26. The number of benzene rings is 3. The third-order valence-electron chi connectivity index (χ3n) is 9.22. The average molecular weight is 711 g/mol. The fourth-order valence-electron chi connectivity index (χ4n) is 6.57. The van der Waals surface area contributed by atoms with Gasteiger partial charge in [0.15, 0.2) is 5.81 Å². The molecule has 6 amide bonds. The topological polar surface area (TPSA) is 206 Å². The maximum Gasteiger partial charge on any atom is 0.290 e. The lowest BCUT2D eigenvalue weighted by atomic mass is 9.83. The molecule has 0 heterocycles. The van der Waals surface area contributed by atoms with Crippen molar-refractivity contribution in [2.75, 3.05) is 6.54 Å². The van der Waals surface area contributed by atoms with Crippen LogP contribution in [0.2, 0.25) is 0 Å². The molecule has 0 aromatic heterocycles. The quantitative estimate of drug-likeness (QED) is 0.0898. The van der Waals surface area contributed by atoms with Crippen LogP contribution in [0.4, 0.5) is 4.79 Å². The van der Waals surface area contributed by atoms with Crippen LogP contribution in [-0.4, -0.2) is 73.6 Å². The minimum Gasteiger partial charge on any atom is -0.368 e. The predicted molar refractivity (Wildman–Crippen MR) is 198 cm³/mol. The summed E-state index contributed by atoms with van der Waals surface area (Å²) in [5.74, 6) is -5.29. The number of amides is 6. The van der Waals surface area contributed by atoms with Crippen molar-refractivity contribution in [3.05, 3.63) is 83.9 Å². The molecule has 0 saturated heterocycles. The van der Waals surface area contributed by atoms with Crippen LogP contribution in [0.1, 0.15) is 69.0 Å². The summed E-state index contributed by atoms with van der Waals surface area (Å²) >= 11 is 0. The normalized spacial score (nSPS) is 15.2. The fraction of sp³-hybridized carbons (Fsp3) is 0.395. The Morgan fingerprint density at radius 1 is 0.769 bits per heavy atom. The Bertz CT molecular complexity index is 1760. The van der Waals surface area contributed by atoms with Gasteiger partial charge >= 0.3 is 0 Å². The third kappa shape index (κ3) is 11.2. The molecular formula is C38H47BN6O7. The number of hydrogen-bond donors (Lipinski definition) is 6. The Balaban J connectivity index is 1.48. The molecule has 0 bridgehead atoms. The van der Waals surface area contributed by atoms with Crippen molar-refractivity contribution in [2.45, 2.75) is 82.5 Å². The van der Waals surface area contributed by atoms with E-state index in [9.17, 15) is 33.6 Å². The minimum absolute atomic E-state index is 0.0711. The van der Waals surface area contributed by atoms with Crippen molar-refractivity contribution in [3.63, 3.8) is 0 Å². The van der Waals surface area contributed by atoms with Crippen LogP contribution in [0, 0.1) is 5.92 Å². The smallest absolute Gasteiger partial charge is 0.290 e. The van der Waals surface area contributed by atoms with Crippen molar-refractivity contribution < 1.29 is 33.6 Å². The van der Waals surface area contributed by atoms with Crippen molar-refractivity contribution in [1.29, 1.82) is 0 Å². The van der Waals surface area contributed by atoms with E-state index in [4.69, 9.17) is 5.73 Å². The first-order valence-electron chi connectivity index (χ1n) is 17.8. The SMILES string of the molecule is BC(=O)N[C@H](C(=O)N[C@@H](Cc1ccc2ccccc2c1)C(=O)NC(CCC)C(=O)C(=O)NCC(=O)N[C@H](C(N)=O)c1ccccc1)C1CCCCC1. The second-order valence-corrected chi connectivity index (χ2v) is 13.2. The molecule has 1 saturated carbocycles. The van der Waals surface area contributed by atoms with Crippen molar-refractivity contribution in [1.82, 2.24) is 26.6 Å². The van der Waals surface area contributed by atoms with E-state index < -0.39 is 66.0 Å². The zero-order chi connectivity index (χ0) is 37.6. The molecule has 52 heavy (non-hydrogen) atoms. The number of hydrogen-bond acceptors (Lipinski definition) is 7. The first kappa shape index (κ1) is 39.3. The summed E-state index contributed by atoms with van der Waals surface area (Å²) in [5.41, 5.74) is 6.66. The van der Waals surface area contributed by atoms with Gasteiger partial charge in [0.1, 0.15) is 18.1 Å². The number of carbonyl (C=O) groups excluding carboxylic acids is 7. The summed E-state index contributed by atoms with van der Waals surface area (Å²) in [7, 11) is 1.34. The lowest BCUT2D eigenvalue weighted by Gasteiger charge is -2.31. The number of nitrogens with one attached hydrogen (secondary N) is 5. The Morgan fingerprint density at radius 3 is 2.08 bits per heavy atom. The molecule has 0 radical (unpaired) electrons. The summed E-state index contributed by atoms with van der Waals surface area (Å²) in [6.45, 7) is 1.15. The van der Waals surface area contributed by atoms with Gasteiger partial charge in [0.25, 0.3) is 5.91 Å². The van der Waals surface area contributed by atoms with Gasteiger partial charge in [-0.05, 0) is 47.1 Å². The number of nitrogens with two attached hydrogens (primary N) is 1. The van der Waals surface area contributed by atoms with Crippen LogP contribution in [0.5, 0.6) is 0 Å². The predicted octanol–water partition coefficient (Wildman–Crippen LogP) is 1.47. The Hall–Kier alpha value is -5.53. The highest BCUT2D eigenvalue weighted by Crippen LogP contribution is 2.27. The molecule has 1 fully saturated rings. The van der Waals surface area contributed by atoms with Gasteiger partial charge in [-0.15, -0.1) is 0 Å². The van der Waals surface area contributed by atoms with Crippen LogP contribution in [0.3, 0.4) is 0 Å². The summed E-state index contributed by atoms with van der Waals surface area (Å²) in [6.07, 6.45) is 5.03. The fourth-order valence-corrected chi connectivity index (χ4v) is 6.57. The number of carbonyl (C=O) groups is 7. The molecule has 1 aliphatic rings. The molecule has 13 nitrogen and oxygen atoms in total. The zero-order valence-corrected chi connectivity index (χ0v) is 29.6. The van der Waals surface area contributed by atoms with Gasteiger partial charge < -0.3 is 32.3 Å². The molecule has 0 aliphatic heterocycles. The lowest BCUT2D eigenvalue weighted by molar-refractivity contribution is -0.141. The second-order valence-electron chi connectivity index (χ2n) is 13.2. The molecule has 0 spiro atoms. The van der Waals surface area contributed by atoms with Gasteiger partial charge in [0.05, 0.1) is 12.6 Å². The van der Waals surface area contributed by atoms with Gasteiger partial charge in [0, 0.05) is 6.42 Å². The molecule has 14 heteroatoms. The van der Waals surface area contributed by atoms with E-state index in [1.165, 1.54) is 7.85 Å². The van der Waals surface area contributed by atoms with Crippen LogP contribution in [0.25, 0.3) is 10.8 Å². The molecule has 4 rings (SSSR count). The Kier molecular flexibility index (Phi) is 14.5. The van der Waals surface area contributed by atoms with E-state index in [1.807, 2.05) is 42.5 Å². The van der Waals surface area contributed by atoms with Crippen LogP contribution in [0.15, 0.2) is 72.8 Å². The van der Waals surface area contributed by atoms with E-state index in [-0.39, 0.29) is 24.6 Å².